The Bertz CT molecular complexity index is 524. The first-order chi connectivity index (χ1) is 8.08. The topological polar surface area (TPSA) is 56.7 Å². The largest absolute Gasteiger partial charge is 0.324 e. The normalized spacial score (nSPS) is 12.7. The summed E-state index contributed by atoms with van der Waals surface area (Å²) in [6.07, 6.45) is 1.69. The van der Waals surface area contributed by atoms with Gasteiger partial charge in [-0.3, -0.25) is 0 Å². The summed E-state index contributed by atoms with van der Waals surface area (Å²) in [6, 6.07) is 6.08. The average molecular weight is 313 g/mol. The lowest BCUT2D eigenvalue weighted by molar-refractivity contribution is 0.779. The zero-order valence-electron chi connectivity index (χ0n) is 9.59. The van der Waals surface area contributed by atoms with Crippen LogP contribution in [0.2, 0.25) is 0 Å². The summed E-state index contributed by atoms with van der Waals surface area (Å²) >= 11 is 5.03. The summed E-state index contributed by atoms with van der Waals surface area (Å²) in [5.41, 5.74) is 7.08. The predicted octanol–water partition coefficient (Wildman–Crippen LogP) is 2.75. The van der Waals surface area contributed by atoms with E-state index in [1.54, 1.807) is 18.1 Å². The number of halogens is 1. The van der Waals surface area contributed by atoms with E-state index in [-0.39, 0.29) is 6.04 Å². The number of rotatable bonds is 3. The van der Waals surface area contributed by atoms with Crippen LogP contribution >= 0.6 is 27.7 Å². The molecule has 0 radical (unpaired) electrons. The molecule has 0 spiro atoms. The van der Waals surface area contributed by atoms with Crippen LogP contribution in [-0.4, -0.2) is 14.8 Å². The maximum absolute atomic E-state index is 5.97. The molecule has 4 nitrogen and oxygen atoms in total. The van der Waals surface area contributed by atoms with Crippen LogP contribution in [0.3, 0.4) is 0 Å². The quantitative estimate of drug-likeness (QED) is 0.946. The molecule has 17 heavy (non-hydrogen) atoms. The molecule has 1 unspecified atom stereocenters. The van der Waals surface area contributed by atoms with Crippen LogP contribution in [0, 0.1) is 0 Å². The van der Waals surface area contributed by atoms with Gasteiger partial charge in [-0.05, 0) is 42.4 Å². The van der Waals surface area contributed by atoms with E-state index in [1.807, 2.05) is 36.7 Å². The Balaban J connectivity index is 2.36. The minimum atomic E-state index is -0.0109. The van der Waals surface area contributed by atoms with Crippen molar-refractivity contribution in [2.24, 2.45) is 12.8 Å². The maximum Gasteiger partial charge on any atom is 0.195 e. The van der Waals surface area contributed by atoms with Gasteiger partial charge in [0.1, 0.15) is 6.33 Å². The minimum absolute atomic E-state index is 0.0109. The van der Waals surface area contributed by atoms with Crippen molar-refractivity contribution in [1.29, 1.82) is 0 Å². The number of aryl methyl sites for hydroxylation is 1. The van der Waals surface area contributed by atoms with Crippen molar-refractivity contribution in [3.8, 4) is 0 Å². The molecule has 90 valence electrons. The number of nitrogens with zero attached hydrogens (tertiary/aromatic N) is 3. The summed E-state index contributed by atoms with van der Waals surface area (Å²) in [7, 11) is 1.92. The van der Waals surface area contributed by atoms with Crippen molar-refractivity contribution in [3.05, 3.63) is 34.6 Å². The number of benzene rings is 1. The van der Waals surface area contributed by atoms with Crippen LogP contribution in [0.1, 0.15) is 18.5 Å². The molecule has 1 aromatic carbocycles. The van der Waals surface area contributed by atoms with Gasteiger partial charge in [0, 0.05) is 22.5 Å². The number of hydrogen-bond donors (Lipinski definition) is 1. The lowest BCUT2D eigenvalue weighted by Gasteiger charge is -2.12. The van der Waals surface area contributed by atoms with E-state index >= 15 is 0 Å². The van der Waals surface area contributed by atoms with Gasteiger partial charge in [0.05, 0.1) is 0 Å². The van der Waals surface area contributed by atoms with E-state index < -0.39 is 0 Å². The Hall–Kier alpha value is -0.850. The third-order valence-corrected chi connectivity index (χ3v) is 3.97. The second-order valence-corrected chi connectivity index (χ2v) is 5.72. The first-order valence-corrected chi connectivity index (χ1v) is 6.75. The molecule has 6 heteroatoms. The monoisotopic (exact) mass is 312 g/mol. The Morgan fingerprint density at radius 3 is 2.82 bits per heavy atom. The van der Waals surface area contributed by atoms with Crippen LogP contribution < -0.4 is 5.73 Å². The van der Waals surface area contributed by atoms with Crippen LogP contribution in [0.4, 0.5) is 0 Å². The van der Waals surface area contributed by atoms with Crippen molar-refractivity contribution in [2.45, 2.75) is 23.0 Å². The fourth-order valence-corrected chi connectivity index (χ4v) is 2.78. The van der Waals surface area contributed by atoms with E-state index in [9.17, 15) is 0 Å². The Morgan fingerprint density at radius 2 is 2.24 bits per heavy atom. The molecule has 0 aliphatic rings. The fraction of sp³-hybridized carbons (Fsp3) is 0.273. The van der Waals surface area contributed by atoms with E-state index in [4.69, 9.17) is 5.73 Å². The minimum Gasteiger partial charge on any atom is -0.324 e. The lowest BCUT2D eigenvalue weighted by Crippen LogP contribution is -2.06. The van der Waals surface area contributed by atoms with E-state index in [0.717, 1.165) is 20.1 Å². The molecule has 0 bridgehead atoms. The summed E-state index contributed by atoms with van der Waals surface area (Å²) in [6.45, 7) is 1.97. The molecule has 2 aromatic rings. The molecule has 0 fully saturated rings. The molecular formula is C11H13BrN4S. The van der Waals surface area contributed by atoms with Crippen molar-refractivity contribution >= 4 is 27.7 Å². The van der Waals surface area contributed by atoms with Gasteiger partial charge >= 0.3 is 0 Å². The Labute approximate surface area is 113 Å². The molecule has 0 saturated carbocycles. The standard InChI is InChI=1S/C11H13BrN4S/c1-7(13)9-5-8(12)3-4-10(9)17-11-15-14-6-16(11)2/h3-7H,13H2,1-2H3. The van der Waals surface area contributed by atoms with Crippen molar-refractivity contribution < 1.29 is 0 Å². The Kier molecular flexibility index (Phi) is 3.86. The van der Waals surface area contributed by atoms with E-state index in [0.29, 0.717) is 0 Å². The third-order valence-electron chi connectivity index (χ3n) is 2.33. The summed E-state index contributed by atoms with van der Waals surface area (Å²) in [5, 5.41) is 8.77. The first-order valence-electron chi connectivity index (χ1n) is 5.15. The van der Waals surface area contributed by atoms with Crippen LogP contribution in [-0.2, 0) is 7.05 Å². The highest BCUT2D eigenvalue weighted by molar-refractivity contribution is 9.10. The van der Waals surface area contributed by atoms with Crippen LogP contribution in [0.5, 0.6) is 0 Å². The van der Waals surface area contributed by atoms with Gasteiger partial charge in [-0.1, -0.05) is 15.9 Å². The fourth-order valence-electron chi connectivity index (χ4n) is 1.43. The molecule has 0 amide bonds. The number of aromatic nitrogens is 3. The molecule has 0 aliphatic carbocycles. The highest BCUT2D eigenvalue weighted by Gasteiger charge is 2.11. The first kappa shape index (κ1) is 12.6. The zero-order valence-corrected chi connectivity index (χ0v) is 12.0. The van der Waals surface area contributed by atoms with Crippen molar-refractivity contribution in [3.63, 3.8) is 0 Å². The third kappa shape index (κ3) is 2.88. The second-order valence-electron chi connectivity index (χ2n) is 3.80. The van der Waals surface area contributed by atoms with Gasteiger partial charge in [0.2, 0.25) is 0 Å². The average Bonchev–Trinajstić information content (AvgIpc) is 2.67. The molecule has 1 aromatic heterocycles. The summed E-state index contributed by atoms with van der Waals surface area (Å²) < 4.78 is 2.92. The summed E-state index contributed by atoms with van der Waals surface area (Å²) in [4.78, 5) is 1.11. The molecule has 0 saturated heterocycles. The van der Waals surface area contributed by atoms with Gasteiger partial charge in [-0.25, -0.2) is 0 Å². The van der Waals surface area contributed by atoms with Crippen molar-refractivity contribution in [1.82, 2.24) is 14.8 Å². The highest BCUT2D eigenvalue weighted by atomic mass is 79.9. The molecule has 1 atom stereocenters. The molecule has 2 rings (SSSR count). The van der Waals surface area contributed by atoms with Gasteiger partial charge in [-0.15, -0.1) is 10.2 Å². The van der Waals surface area contributed by atoms with Gasteiger partial charge in [0.15, 0.2) is 5.16 Å². The molecule has 2 N–H and O–H groups in total. The zero-order chi connectivity index (χ0) is 12.4. The second kappa shape index (κ2) is 5.20. The summed E-state index contributed by atoms with van der Waals surface area (Å²) in [5.74, 6) is 0. The molecular weight excluding hydrogens is 300 g/mol. The van der Waals surface area contributed by atoms with Crippen molar-refractivity contribution in [2.75, 3.05) is 0 Å². The predicted molar refractivity (Wildman–Crippen MR) is 71.9 cm³/mol. The number of hydrogen-bond acceptors (Lipinski definition) is 4. The molecule has 0 aliphatic heterocycles. The number of nitrogens with two attached hydrogens (primary N) is 1. The van der Waals surface area contributed by atoms with Crippen LogP contribution in [0.25, 0.3) is 0 Å². The smallest absolute Gasteiger partial charge is 0.195 e. The van der Waals surface area contributed by atoms with E-state index in [1.165, 1.54) is 0 Å². The SMILES string of the molecule is CC(N)c1cc(Br)ccc1Sc1nncn1C. The Morgan fingerprint density at radius 1 is 1.47 bits per heavy atom. The molecule has 1 heterocycles. The van der Waals surface area contributed by atoms with E-state index in [2.05, 4.69) is 26.1 Å². The maximum atomic E-state index is 5.97. The highest BCUT2D eigenvalue weighted by Crippen LogP contribution is 2.33. The van der Waals surface area contributed by atoms with Gasteiger partial charge < -0.3 is 10.3 Å². The van der Waals surface area contributed by atoms with Gasteiger partial charge in [-0.2, -0.15) is 0 Å². The lowest BCUT2D eigenvalue weighted by atomic mass is 10.1. The van der Waals surface area contributed by atoms with Gasteiger partial charge in [0.25, 0.3) is 0 Å². The van der Waals surface area contributed by atoms with Crippen LogP contribution in [0.15, 0.2) is 39.1 Å².